The number of hydrogen-bond donors (Lipinski definition) is 0. The van der Waals surface area contributed by atoms with Gasteiger partial charge in [-0.2, -0.15) is 0 Å². The quantitative estimate of drug-likeness (QED) is 0.0811. The Labute approximate surface area is 355 Å². The first-order valence-corrected chi connectivity index (χ1v) is 21.3. The maximum absolute atomic E-state index is 12.4. The molecule has 1 fully saturated rings. The minimum absolute atomic E-state index is 0.174. The molecule has 0 aromatic carbocycles. The highest BCUT2D eigenvalue weighted by molar-refractivity contribution is 9.10. The molecule has 12 nitrogen and oxygen atoms in total. The molecule has 3 heterocycles. The Balaban J connectivity index is 0.000000450. The highest BCUT2D eigenvalue weighted by Gasteiger charge is 2.50. The third kappa shape index (κ3) is 17.3. The third-order valence-corrected chi connectivity index (χ3v) is 10.5. The van der Waals surface area contributed by atoms with Crippen molar-refractivity contribution in [2.75, 3.05) is 26.4 Å². The maximum atomic E-state index is 12.4. The van der Waals surface area contributed by atoms with Crippen LogP contribution in [0.4, 0.5) is 0 Å². The summed E-state index contributed by atoms with van der Waals surface area (Å²) < 4.78 is 35.8. The largest absolute Gasteiger partial charge is 0.502 e. The van der Waals surface area contributed by atoms with Crippen LogP contribution in [-0.2, 0) is 37.8 Å². The molecule has 1 aliphatic heterocycles. The monoisotopic (exact) mass is 876 g/mol. The van der Waals surface area contributed by atoms with E-state index < -0.39 is 12.1 Å². The van der Waals surface area contributed by atoms with Gasteiger partial charge in [0.15, 0.2) is 0 Å². The zero-order valence-corrected chi connectivity index (χ0v) is 39.1. The van der Waals surface area contributed by atoms with Crippen molar-refractivity contribution in [3.8, 4) is 0 Å². The van der Waals surface area contributed by atoms with Gasteiger partial charge >= 0.3 is 19.1 Å². The van der Waals surface area contributed by atoms with Crippen LogP contribution in [0.15, 0.2) is 57.1 Å². The summed E-state index contributed by atoms with van der Waals surface area (Å²) in [7, 11) is -0.299. The van der Waals surface area contributed by atoms with Gasteiger partial charge in [0, 0.05) is 29.0 Å². The van der Waals surface area contributed by atoms with Crippen molar-refractivity contribution in [2.24, 2.45) is 11.8 Å². The lowest BCUT2D eigenvalue weighted by atomic mass is 9.90. The molecular formula is C44H70BBrN2O10. The van der Waals surface area contributed by atoms with Crippen molar-refractivity contribution in [1.82, 2.24) is 9.13 Å². The summed E-state index contributed by atoms with van der Waals surface area (Å²) in [6.07, 6.45) is 11.3. The van der Waals surface area contributed by atoms with Crippen LogP contribution in [0.1, 0.15) is 138 Å². The topological polar surface area (TPSA) is 134 Å². The molecule has 0 spiro atoms. The van der Waals surface area contributed by atoms with Crippen LogP contribution in [0.25, 0.3) is 6.08 Å². The molecule has 1 aliphatic rings. The van der Waals surface area contributed by atoms with Gasteiger partial charge in [0.1, 0.15) is 12.1 Å². The van der Waals surface area contributed by atoms with Gasteiger partial charge in [0.25, 0.3) is 11.1 Å². The number of carbonyl (C=O) groups excluding carboxylic acids is 2. The van der Waals surface area contributed by atoms with Crippen LogP contribution in [0.5, 0.6) is 0 Å². The van der Waals surface area contributed by atoms with Crippen LogP contribution in [0.3, 0.4) is 0 Å². The molecular weight excluding hydrogens is 807 g/mol. The summed E-state index contributed by atoms with van der Waals surface area (Å²) in [6, 6.07) is 1.93. The molecule has 326 valence electrons. The van der Waals surface area contributed by atoms with E-state index in [4.69, 9.17) is 28.3 Å². The summed E-state index contributed by atoms with van der Waals surface area (Å²) in [5.41, 5.74) is 1.65. The second kappa shape index (κ2) is 25.8. The van der Waals surface area contributed by atoms with E-state index in [1.165, 1.54) is 15.2 Å². The molecule has 0 radical (unpaired) electrons. The first kappa shape index (κ1) is 52.4. The van der Waals surface area contributed by atoms with Gasteiger partial charge in [-0.25, -0.2) is 9.59 Å². The van der Waals surface area contributed by atoms with E-state index in [0.29, 0.717) is 51.1 Å². The molecule has 2 aromatic heterocycles. The predicted octanol–water partition coefficient (Wildman–Crippen LogP) is 9.33. The van der Waals surface area contributed by atoms with E-state index >= 15 is 0 Å². The van der Waals surface area contributed by atoms with E-state index in [-0.39, 0.29) is 41.4 Å². The predicted molar refractivity (Wildman–Crippen MR) is 236 cm³/mol. The van der Waals surface area contributed by atoms with Crippen LogP contribution in [0.2, 0.25) is 0 Å². The Morgan fingerprint density at radius 2 is 1.14 bits per heavy atom. The molecule has 0 saturated carbocycles. The number of hydrogen-bond acceptors (Lipinski definition) is 10. The first-order chi connectivity index (χ1) is 27.2. The van der Waals surface area contributed by atoms with E-state index in [2.05, 4.69) is 43.6 Å². The number of nitrogens with zero attached hydrogens (tertiary/aromatic N) is 2. The number of ether oxygens (including phenoxy) is 4. The van der Waals surface area contributed by atoms with Crippen molar-refractivity contribution in [1.29, 1.82) is 0 Å². The molecule has 0 aliphatic carbocycles. The summed E-state index contributed by atoms with van der Waals surface area (Å²) in [6.45, 7) is 29.4. The lowest BCUT2D eigenvalue weighted by molar-refractivity contribution is -0.148. The minimum atomic E-state index is -0.598. The standard InChI is InChI=1S/C19H29NO4.C15H22BrNO3.C10H19BO3/c1-6-23-11-10-16-13-20(18(21)12-15(16)5)17(9-8-14(3)4)19(22)24-7-2;1-5-20-15(19)13(7-6-10(2)3)17-9-12(16)11(4)8-14(17)18;1-6-12-8-7-11-13-9(2,3)10(4,5)14-11/h10-14,17H,6-9H2,1-5H3;8-10,13H,5-7H2,1-4H3;7-8H,6H2,1-5H3/b11-10+;;8-7+. The van der Waals surface area contributed by atoms with E-state index in [9.17, 15) is 19.2 Å². The summed E-state index contributed by atoms with van der Waals surface area (Å²) >= 11 is 3.40. The van der Waals surface area contributed by atoms with Crippen molar-refractivity contribution in [3.63, 3.8) is 0 Å². The molecule has 2 aromatic rings. The third-order valence-electron chi connectivity index (χ3n) is 9.66. The molecule has 58 heavy (non-hydrogen) atoms. The molecule has 1 saturated heterocycles. The number of esters is 2. The Kier molecular flexibility index (Phi) is 23.3. The van der Waals surface area contributed by atoms with Gasteiger partial charge in [0.2, 0.25) is 0 Å². The summed E-state index contributed by atoms with van der Waals surface area (Å²) in [5.74, 6) is 2.01. The second-order valence-corrected chi connectivity index (χ2v) is 16.7. The summed E-state index contributed by atoms with van der Waals surface area (Å²) in [4.78, 5) is 49.0. The van der Waals surface area contributed by atoms with Crippen molar-refractivity contribution >= 4 is 41.1 Å². The number of carbonyl (C=O) groups is 2. The maximum Gasteiger partial charge on any atom is 0.490 e. The van der Waals surface area contributed by atoms with Gasteiger partial charge in [-0.15, -0.1) is 0 Å². The summed E-state index contributed by atoms with van der Waals surface area (Å²) in [5, 5.41) is 0. The van der Waals surface area contributed by atoms with E-state index in [1.54, 1.807) is 56.9 Å². The number of rotatable bonds is 18. The van der Waals surface area contributed by atoms with Crippen molar-refractivity contribution in [3.05, 3.63) is 84.9 Å². The number of aromatic nitrogens is 2. The highest BCUT2D eigenvalue weighted by Crippen LogP contribution is 2.36. The van der Waals surface area contributed by atoms with Crippen LogP contribution >= 0.6 is 15.9 Å². The Morgan fingerprint density at radius 3 is 1.57 bits per heavy atom. The van der Waals surface area contributed by atoms with Gasteiger partial charge in [0.05, 0.1) is 50.2 Å². The minimum Gasteiger partial charge on any atom is -0.502 e. The van der Waals surface area contributed by atoms with E-state index in [1.807, 2.05) is 55.4 Å². The smallest absolute Gasteiger partial charge is 0.490 e. The molecule has 14 heteroatoms. The Hall–Kier alpha value is -3.62. The molecule has 0 bridgehead atoms. The van der Waals surface area contributed by atoms with Crippen LogP contribution in [0, 0.1) is 25.7 Å². The lowest BCUT2D eigenvalue weighted by Crippen LogP contribution is -2.41. The molecule has 3 rings (SSSR count). The Morgan fingerprint density at radius 1 is 0.707 bits per heavy atom. The zero-order chi connectivity index (χ0) is 44.2. The van der Waals surface area contributed by atoms with Crippen molar-refractivity contribution in [2.45, 2.75) is 146 Å². The fraction of sp³-hybridized carbons (Fsp3) is 0.636. The van der Waals surface area contributed by atoms with Crippen LogP contribution < -0.4 is 11.1 Å². The lowest BCUT2D eigenvalue weighted by Gasteiger charge is -2.32. The second-order valence-electron chi connectivity index (χ2n) is 15.9. The first-order valence-electron chi connectivity index (χ1n) is 20.5. The van der Waals surface area contributed by atoms with Gasteiger partial charge in [-0.1, -0.05) is 27.7 Å². The van der Waals surface area contributed by atoms with E-state index in [0.717, 1.165) is 34.0 Å². The van der Waals surface area contributed by atoms with Gasteiger partial charge < -0.3 is 37.4 Å². The fourth-order valence-corrected chi connectivity index (χ4v) is 5.87. The molecule has 2 atom stereocenters. The van der Waals surface area contributed by atoms with Gasteiger partial charge in [-0.3, -0.25) is 9.59 Å². The average molecular weight is 878 g/mol. The zero-order valence-electron chi connectivity index (χ0n) is 37.5. The van der Waals surface area contributed by atoms with Crippen LogP contribution in [-0.4, -0.2) is 65.8 Å². The molecule has 0 amide bonds. The fourth-order valence-electron chi connectivity index (χ4n) is 5.54. The normalized spacial score (nSPS) is 15.4. The Bertz CT molecular complexity index is 1730. The highest BCUT2D eigenvalue weighted by atomic mass is 79.9. The SMILES string of the molecule is CCO/C=C/B1OC(C)(C)C(C)(C)O1.CCO/C=C/c1cn(C(CCC(C)C)C(=O)OCC)c(=O)cc1C.CCOC(=O)C(CCC(C)C)n1cc(Br)c(C)cc1=O. The van der Waals surface area contributed by atoms with Crippen molar-refractivity contribution < 1.29 is 37.8 Å². The molecule has 2 unspecified atom stereocenters. The number of halogens is 1. The number of aryl methyl sites for hydroxylation is 2. The molecule has 0 N–H and O–H groups in total. The van der Waals surface area contributed by atoms with Gasteiger partial charge in [-0.05, 0) is 151 Å². The average Bonchev–Trinajstić information content (AvgIpc) is 3.34. The number of pyridine rings is 2.